The summed E-state index contributed by atoms with van der Waals surface area (Å²) in [5, 5.41) is 0. The number of hydrogen-bond donors (Lipinski definition) is 0. The van der Waals surface area contributed by atoms with E-state index in [4.69, 9.17) is 4.74 Å². The summed E-state index contributed by atoms with van der Waals surface area (Å²) in [5.41, 5.74) is 1.85. The lowest BCUT2D eigenvalue weighted by atomic mass is 10.1. The number of carbonyl (C=O) groups excluding carboxylic acids is 4. The highest BCUT2D eigenvalue weighted by atomic mass is 16.5. The fourth-order valence-electron chi connectivity index (χ4n) is 3.41. The predicted octanol–water partition coefficient (Wildman–Crippen LogP) is 1.29. The average Bonchev–Trinajstić information content (AvgIpc) is 3.25. The maximum Gasteiger partial charge on any atom is 0.311 e. The molecule has 138 valence electrons. The number of carbonyl (C=O) groups is 4. The fraction of sp³-hybridized carbons (Fsp3) is 0.474. The molecular formula is C19H22N2O5. The Kier molecular flexibility index (Phi) is 5.35. The molecule has 0 aromatic heterocycles. The first-order chi connectivity index (χ1) is 12.5. The second-order valence-electron chi connectivity index (χ2n) is 6.54. The summed E-state index contributed by atoms with van der Waals surface area (Å²) < 4.78 is 5.08. The molecule has 2 aliphatic rings. The molecule has 2 fully saturated rings. The van der Waals surface area contributed by atoms with Crippen molar-refractivity contribution in [3.63, 3.8) is 0 Å². The summed E-state index contributed by atoms with van der Waals surface area (Å²) >= 11 is 0. The van der Waals surface area contributed by atoms with Crippen molar-refractivity contribution in [2.24, 2.45) is 5.92 Å². The maximum atomic E-state index is 12.3. The molecule has 2 heterocycles. The van der Waals surface area contributed by atoms with E-state index in [-0.39, 0.29) is 24.8 Å². The number of amides is 3. The molecule has 0 aliphatic carbocycles. The number of nitrogens with zero attached hydrogens (tertiary/aromatic N) is 2. The number of hydrogen-bond acceptors (Lipinski definition) is 5. The Labute approximate surface area is 151 Å². The molecule has 0 spiro atoms. The van der Waals surface area contributed by atoms with Gasteiger partial charge in [-0.2, -0.15) is 0 Å². The number of anilines is 1. The van der Waals surface area contributed by atoms with E-state index in [1.54, 1.807) is 4.90 Å². The van der Waals surface area contributed by atoms with Crippen LogP contribution < -0.4 is 4.90 Å². The van der Waals surface area contributed by atoms with Gasteiger partial charge in [-0.05, 0) is 24.5 Å². The van der Waals surface area contributed by atoms with E-state index in [0.717, 1.165) is 22.6 Å². The molecule has 2 aliphatic heterocycles. The van der Waals surface area contributed by atoms with E-state index < -0.39 is 24.4 Å². The first-order valence-electron chi connectivity index (χ1n) is 8.89. The Bertz CT molecular complexity index is 745. The Morgan fingerprint density at radius 1 is 1.19 bits per heavy atom. The van der Waals surface area contributed by atoms with Gasteiger partial charge in [0.25, 0.3) is 5.91 Å². The molecule has 0 N–H and O–H groups in total. The molecule has 3 rings (SSSR count). The summed E-state index contributed by atoms with van der Waals surface area (Å²) in [4.78, 5) is 50.8. The van der Waals surface area contributed by atoms with Crippen LogP contribution in [0.4, 0.5) is 5.69 Å². The summed E-state index contributed by atoms with van der Waals surface area (Å²) in [7, 11) is 0. The molecule has 0 radical (unpaired) electrons. The monoisotopic (exact) mass is 358 g/mol. The van der Waals surface area contributed by atoms with Gasteiger partial charge in [0, 0.05) is 31.6 Å². The standard InChI is InChI=1S/C19H22N2O5/c1-2-13-6-3-4-7-15(13)21-11-14(10-17(21)23)19(25)26-12-18(24)20-9-5-8-16(20)22/h3-4,6-7,14H,2,5,8-12H2,1H3/t14-/m0/s1. The van der Waals surface area contributed by atoms with Crippen molar-refractivity contribution in [2.45, 2.75) is 32.6 Å². The van der Waals surface area contributed by atoms with Crippen molar-refractivity contribution in [3.05, 3.63) is 29.8 Å². The summed E-state index contributed by atoms with van der Waals surface area (Å²) in [6.07, 6.45) is 1.84. The third-order valence-corrected chi connectivity index (χ3v) is 4.83. The van der Waals surface area contributed by atoms with Crippen LogP contribution in [0.5, 0.6) is 0 Å². The van der Waals surface area contributed by atoms with Crippen LogP contribution in [-0.2, 0) is 30.3 Å². The average molecular weight is 358 g/mol. The smallest absolute Gasteiger partial charge is 0.311 e. The highest BCUT2D eigenvalue weighted by Crippen LogP contribution is 2.29. The molecule has 1 aromatic rings. The highest BCUT2D eigenvalue weighted by molar-refractivity contribution is 6.01. The highest BCUT2D eigenvalue weighted by Gasteiger charge is 2.37. The number of esters is 1. The third-order valence-electron chi connectivity index (χ3n) is 4.83. The van der Waals surface area contributed by atoms with Crippen LogP contribution in [0.2, 0.25) is 0 Å². The van der Waals surface area contributed by atoms with Crippen molar-refractivity contribution in [2.75, 3.05) is 24.6 Å². The lowest BCUT2D eigenvalue weighted by Crippen LogP contribution is -2.36. The van der Waals surface area contributed by atoms with Crippen LogP contribution in [0.15, 0.2) is 24.3 Å². The van der Waals surface area contributed by atoms with Crippen molar-refractivity contribution in [3.8, 4) is 0 Å². The Hall–Kier alpha value is -2.70. The lowest BCUT2D eigenvalue weighted by molar-refractivity contribution is -0.157. The molecule has 1 aromatic carbocycles. The van der Waals surface area contributed by atoms with Crippen molar-refractivity contribution < 1.29 is 23.9 Å². The second-order valence-corrected chi connectivity index (χ2v) is 6.54. The van der Waals surface area contributed by atoms with Gasteiger partial charge in [-0.3, -0.25) is 24.1 Å². The van der Waals surface area contributed by atoms with Gasteiger partial charge in [0.15, 0.2) is 6.61 Å². The molecule has 7 heteroatoms. The van der Waals surface area contributed by atoms with Crippen LogP contribution in [0.3, 0.4) is 0 Å². The minimum atomic E-state index is -0.602. The van der Waals surface area contributed by atoms with Gasteiger partial charge >= 0.3 is 5.97 Å². The first kappa shape index (κ1) is 18.1. The predicted molar refractivity (Wildman–Crippen MR) is 93.2 cm³/mol. The van der Waals surface area contributed by atoms with Crippen LogP contribution in [0.25, 0.3) is 0 Å². The van der Waals surface area contributed by atoms with Crippen LogP contribution in [-0.4, -0.2) is 48.3 Å². The molecule has 0 saturated carbocycles. The minimum Gasteiger partial charge on any atom is -0.455 e. The third kappa shape index (κ3) is 3.61. The summed E-state index contributed by atoms with van der Waals surface area (Å²) in [6, 6.07) is 7.60. The summed E-state index contributed by atoms with van der Waals surface area (Å²) in [6.45, 7) is 2.17. The molecular weight excluding hydrogens is 336 g/mol. The number of aryl methyl sites for hydroxylation is 1. The molecule has 7 nitrogen and oxygen atoms in total. The normalized spacial score (nSPS) is 20.0. The zero-order chi connectivity index (χ0) is 18.7. The lowest BCUT2D eigenvalue weighted by Gasteiger charge is -2.20. The number of imide groups is 1. The molecule has 3 amide bonds. The van der Waals surface area contributed by atoms with Gasteiger partial charge in [-0.15, -0.1) is 0 Å². The van der Waals surface area contributed by atoms with E-state index in [9.17, 15) is 19.2 Å². The van der Waals surface area contributed by atoms with E-state index in [1.807, 2.05) is 31.2 Å². The van der Waals surface area contributed by atoms with Gasteiger partial charge in [0.1, 0.15) is 0 Å². The first-order valence-corrected chi connectivity index (χ1v) is 8.89. The van der Waals surface area contributed by atoms with Crippen molar-refractivity contribution in [1.82, 2.24) is 4.90 Å². The largest absolute Gasteiger partial charge is 0.455 e. The molecule has 2 saturated heterocycles. The van der Waals surface area contributed by atoms with E-state index in [2.05, 4.69) is 0 Å². The Morgan fingerprint density at radius 2 is 1.96 bits per heavy atom. The molecule has 1 atom stereocenters. The van der Waals surface area contributed by atoms with E-state index in [0.29, 0.717) is 19.4 Å². The topological polar surface area (TPSA) is 84.0 Å². The van der Waals surface area contributed by atoms with Gasteiger partial charge < -0.3 is 9.64 Å². The number of benzene rings is 1. The number of para-hydroxylation sites is 1. The van der Waals surface area contributed by atoms with E-state index in [1.165, 1.54) is 0 Å². The van der Waals surface area contributed by atoms with Gasteiger partial charge in [0.2, 0.25) is 11.8 Å². The fourth-order valence-corrected chi connectivity index (χ4v) is 3.41. The Balaban J connectivity index is 1.59. The minimum absolute atomic E-state index is 0.0632. The van der Waals surface area contributed by atoms with Crippen molar-refractivity contribution in [1.29, 1.82) is 0 Å². The van der Waals surface area contributed by atoms with Gasteiger partial charge in [-0.1, -0.05) is 25.1 Å². The maximum absolute atomic E-state index is 12.3. The van der Waals surface area contributed by atoms with Gasteiger partial charge in [-0.25, -0.2) is 0 Å². The van der Waals surface area contributed by atoms with E-state index >= 15 is 0 Å². The van der Waals surface area contributed by atoms with Crippen molar-refractivity contribution >= 4 is 29.4 Å². The molecule has 0 unspecified atom stereocenters. The SMILES string of the molecule is CCc1ccccc1N1C[C@@H](C(=O)OCC(=O)N2CCCC2=O)CC1=O. The second kappa shape index (κ2) is 7.68. The zero-order valence-corrected chi connectivity index (χ0v) is 14.8. The quantitative estimate of drug-likeness (QED) is 0.741. The zero-order valence-electron chi connectivity index (χ0n) is 14.8. The Morgan fingerprint density at radius 3 is 2.65 bits per heavy atom. The van der Waals surface area contributed by atoms with Crippen LogP contribution in [0.1, 0.15) is 31.7 Å². The van der Waals surface area contributed by atoms with Gasteiger partial charge in [0.05, 0.1) is 5.92 Å². The summed E-state index contributed by atoms with van der Waals surface area (Å²) in [5.74, 6) is -2.04. The van der Waals surface area contributed by atoms with Crippen LogP contribution >= 0.6 is 0 Å². The molecule has 0 bridgehead atoms. The van der Waals surface area contributed by atoms with Crippen LogP contribution in [0, 0.1) is 5.92 Å². The molecule has 26 heavy (non-hydrogen) atoms. The number of rotatable bonds is 5. The number of ether oxygens (including phenoxy) is 1. The number of likely N-dealkylation sites (tertiary alicyclic amines) is 1.